The van der Waals surface area contributed by atoms with Crippen LogP contribution >= 0.6 is 0 Å². The Morgan fingerprint density at radius 1 is 1.47 bits per heavy atom. The maximum atomic E-state index is 9.75. The second kappa shape index (κ2) is 5.07. The maximum Gasteiger partial charge on any atom is 0.119 e. The van der Waals surface area contributed by atoms with Crippen LogP contribution in [0.5, 0.6) is 5.75 Å². The Morgan fingerprint density at radius 3 is 2.94 bits per heavy atom. The molecule has 17 heavy (non-hydrogen) atoms. The zero-order chi connectivity index (χ0) is 12.3. The predicted molar refractivity (Wildman–Crippen MR) is 68.4 cm³/mol. The van der Waals surface area contributed by atoms with Crippen molar-refractivity contribution in [3.8, 4) is 5.75 Å². The minimum atomic E-state index is -0.264. The summed E-state index contributed by atoms with van der Waals surface area (Å²) in [6.07, 6.45) is 3.06. The standard InChI is InChI=1S/C14H21NO2/c1-3-8-15-14(10-16)7-6-11-4-5-12(17-2)9-13(11)14/h4-5,9,15-16H,3,6-8,10H2,1-2H3. The third-order valence-electron chi connectivity index (χ3n) is 3.64. The van der Waals surface area contributed by atoms with Crippen molar-refractivity contribution in [2.75, 3.05) is 20.3 Å². The van der Waals surface area contributed by atoms with Crippen molar-refractivity contribution in [2.24, 2.45) is 0 Å². The molecule has 0 saturated heterocycles. The zero-order valence-corrected chi connectivity index (χ0v) is 10.6. The van der Waals surface area contributed by atoms with Gasteiger partial charge in [0.15, 0.2) is 0 Å². The molecule has 2 N–H and O–H groups in total. The molecule has 0 aliphatic heterocycles. The van der Waals surface area contributed by atoms with E-state index in [1.165, 1.54) is 11.1 Å². The number of aryl methyl sites for hydroxylation is 1. The van der Waals surface area contributed by atoms with E-state index in [0.717, 1.165) is 31.6 Å². The van der Waals surface area contributed by atoms with E-state index in [1.54, 1.807) is 7.11 Å². The van der Waals surface area contributed by atoms with Crippen molar-refractivity contribution in [1.82, 2.24) is 5.32 Å². The Hall–Kier alpha value is -1.06. The van der Waals surface area contributed by atoms with Gasteiger partial charge in [-0.15, -0.1) is 0 Å². The highest BCUT2D eigenvalue weighted by atomic mass is 16.5. The summed E-state index contributed by atoms with van der Waals surface area (Å²) in [5, 5.41) is 13.2. The number of benzene rings is 1. The largest absolute Gasteiger partial charge is 0.497 e. The lowest BCUT2D eigenvalue weighted by Gasteiger charge is -2.30. The van der Waals surface area contributed by atoms with Gasteiger partial charge in [-0.3, -0.25) is 0 Å². The minimum Gasteiger partial charge on any atom is -0.497 e. The molecule has 2 rings (SSSR count). The van der Waals surface area contributed by atoms with Crippen molar-refractivity contribution >= 4 is 0 Å². The number of ether oxygens (including phenoxy) is 1. The molecule has 1 aromatic carbocycles. The Labute approximate surface area is 103 Å². The summed E-state index contributed by atoms with van der Waals surface area (Å²) in [5.41, 5.74) is 2.26. The first-order valence-electron chi connectivity index (χ1n) is 6.29. The quantitative estimate of drug-likeness (QED) is 0.818. The first-order valence-corrected chi connectivity index (χ1v) is 6.29. The number of aliphatic hydroxyl groups is 1. The molecule has 0 heterocycles. The average Bonchev–Trinajstić information content (AvgIpc) is 2.75. The smallest absolute Gasteiger partial charge is 0.119 e. The lowest BCUT2D eigenvalue weighted by atomic mass is 9.92. The van der Waals surface area contributed by atoms with Crippen molar-refractivity contribution in [2.45, 2.75) is 31.7 Å². The highest BCUT2D eigenvalue weighted by Crippen LogP contribution is 2.38. The molecule has 0 radical (unpaired) electrons. The topological polar surface area (TPSA) is 41.5 Å². The van der Waals surface area contributed by atoms with Crippen LogP contribution in [0.2, 0.25) is 0 Å². The van der Waals surface area contributed by atoms with Crippen LogP contribution in [0.1, 0.15) is 30.9 Å². The zero-order valence-electron chi connectivity index (χ0n) is 10.6. The van der Waals surface area contributed by atoms with Gasteiger partial charge in [-0.1, -0.05) is 13.0 Å². The van der Waals surface area contributed by atoms with Crippen LogP contribution in [0.25, 0.3) is 0 Å². The number of nitrogens with one attached hydrogen (secondary N) is 1. The summed E-state index contributed by atoms with van der Waals surface area (Å²) >= 11 is 0. The van der Waals surface area contributed by atoms with Crippen LogP contribution in [-0.4, -0.2) is 25.4 Å². The van der Waals surface area contributed by atoms with Gasteiger partial charge >= 0.3 is 0 Å². The number of rotatable bonds is 5. The number of methoxy groups -OCH3 is 1. The molecular formula is C14H21NO2. The Balaban J connectivity index is 2.34. The van der Waals surface area contributed by atoms with Crippen LogP contribution in [0.3, 0.4) is 0 Å². The summed E-state index contributed by atoms with van der Waals surface area (Å²) < 4.78 is 5.27. The fourth-order valence-electron chi connectivity index (χ4n) is 2.60. The second-order valence-electron chi connectivity index (χ2n) is 4.69. The molecule has 1 aliphatic carbocycles. The summed E-state index contributed by atoms with van der Waals surface area (Å²) in [5.74, 6) is 0.863. The highest BCUT2D eigenvalue weighted by Gasteiger charge is 2.37. The van der Waals surface area contributed by atoms with E-state index in [0.29, 0.717) is 0 Å². The van der Waals surface area contributed by atoms with Gasteiger partial charge in [0.1, 0.15) is 5.75 Å². The molecule has 1 aliphatic rings. The SMILES string of the molecule is CCCNC1(CO)CCc2ccc(OC)cc21. The van der Waals surface area contributed by atoms with Gasteiger partial charge in [-0.05, 0) is 49.1 Å². The van der Waals surface area contributed by atoms with Gasteiger partial charge in [0, 0.05) is 0 Å². The van der Waals surface area contributed by atoms with E-state index in [9.17, 15) is 5.11 Å². The molecule has 1 aromatic rings. The predicted octanol–water partition coefficient (Wildman–Crippen LogP) is 1.83. The molecule has 0 fully saturated rings. The maximum absolute atomic E-state index is 9.75. The molecule has 0 bridgehead atoms. The number of hydrogen-bond donors (Lipinski definition) is 2. The molecule has 0 amide bonds. The number of hydrogen-bond acceptors (Lipinski definition) is 3. The third-order valence-corrected chi connectivity index (χ3v) is 3.64. The van der Waals surface area contributed by atoms with E-state index < -0.39 is 0 Å². The van der Waals surface area contributed by atoms with Gasteiger partial charge in [0.25, 0.3) is 0 Å². The van der Waals surface area contributed by atoms with Crippen LogP contribution in [-0.2, 0) is 12.0 Å². The van der Waals surface area contributed by atoms with Crippen molar-refractivity contribution in [3.05, 3.63) is 29.3 Å². The summed E-state index contributed by atoms with van der Waals surface area (Å²) in [6.45, 7) is 3.21. The van der Waals surface area contributed by atoms with E-state index in [-0.39, 0.29) is 12.1 Å². The Kier molecular flexibility index (Phi) is 3.69. The van der Waals surface area contributed by atoms with Gasteiger partial charge in [-0.25, -0.2) is 0 Å². The summed E-state index contributed by atoms with van der Waals surface area (Å²) in [7, 11) is 1.68. The minimum absolute atomic E-state index is 0.146. The van der Waals surface area contributed by atoms with Gasteiger partial charge in [-0.2, -0.15) is 0 Å². The lowest BCUT2D eigenvalue weighted by molar-refractivity contribution is 0.160. The van der Waals surface area contributed by atoms with Crippen LogP contribution in [0.4, 0.5) is 0 Å². The van der Waals surface area contributed by atoms with E-state index in [2.05, 4.69) is 24.4 Å². The van der Waals surface area contributed by atoms with Crippen LogP contribution in [0, 0.1) is 0 Å². The van der Waals surface area contributed by atoms with E-state index in [4.69, 9.17) is 4.74 Å². The van der Waals surface area contributed by atoms with Crippen molar-refractivity contribution in [3.63, 3.8) is 0 Å². The summed E-state index contributed by atoms with van der Waals surface area (Å²) in [4.78, 5) is 0. The molecule has 3 nitrogen and oxygen atoms in total. The van der Waals surface area contributed by atoms with Crippen molar-refractivity contribution < 1.29 is 9.84 Å². The molecule has 3 heteroatoms. The average molecular weight is 235 g/mol. The Morgan fingerprint density at radius 2 is 2.29 bits per heavy atom. The Bertz CT molecular complexity index is 392. The third kappa shape index (κ3) is 2.17. The molecule has 94 valence electrons. The summed E-state index contributed by atoms with van der Waals surface area (Å²) in [6, 6.07) is 6.16. The highest BCUT2D eigenvalue weighted by molar-refractivity contribution is 5.44. The van der Waals surface area contributed by atoms with E-state index in [1.807, 2.05) is 6.07 Å². The molecule has 0 aromatic heterocycles. The lowest BCUT2D eigenvalue weighted by Crippen LogP contribution is -2.44. The van der Waals surface area contributed by atoms with Gasteiger partial charge in [0.2, 0.25) is 0 Å². The molecule has 0 spiro atoms. The second-order valence-corrected chi connectivity index (χ2v) is 4.69. The van der Waals surface area contributed by atoms with Gasteiger partial charge < -0.3 is 15.2 Å². The fourth-order valence-corrected chi connectivity index (χ4v) is 2.60. The van der Waals surface area contributed by atoms with Crippen LogP contribution in [0.15, 0.2) is 18.2 Å². The molecule has 1 unspecified atom stereocenters. The monoisotopic (exact) mass is 235 g/mol. The van der Waals surface area contributed by atoms with Gasteiger partial charge in [0.05, 0.1) is 19.3 Å². The number of aliphatic hydroxyl groups excluding tert-OH is 1. The van der Waals surface area contributed by atoms with E-state index >= 15 is 0 Å². The first kappa shape index (κ1) is 12.4. The van der Waals surface area contributed by atoms with Crippen molar-refractivity contribution in [1.29, 1.82) is 0 Å². The van der Waals surface area contributed by atoms with Crippen LogP contribution < -0.4 is 10.1 Å². The fraction of sp³-hybridized carbons (Fsp3) is 0.571. The molecular weight excluding hydrogens is 214 g/mol. The molecule has 1 atom stereocenters. The number of fused-ring (bicyclic) bond motifs is 1. The normalized spacial score (nSPS) is 22.5. The molecule has 0 saturated carbocycles. The first-order chi connectivity index (χ1) is 8.25.